The Bertz CT molecular complexity index is 195. The van der Waals surface area contributed by atoms with Gasteiger partial charge in [0.2, 0.25) is 0 Å². The summed E-state index contributed by atoms with van der Waals surface area (Å²) in [5, 5.41) is 0. The van der Waals surface area contributed by atoms with Gasteiger partial charge in [0.25, 0.3) is 0 Å². The molecule has 0 heterocycles. The van der Waals surface area contributed by atoms with Crippen LogP contribution in [0, 0.1) is 5.92 Å². The van der Waals surface area contributed by atoms with E-state index in [9.17, 15) is 4.79 Å². The molecule has 0 aliphatic rings. The third kappa shape index (κ3) is 9.51. The Morgan fingerprint density at radius 2 is 1.93 bits per heavy atom. The van der Waals surface area contributed by atoms with Crippen molar-refractivity contribution < 1.29 is 9.53 Å². The summed E-state index contributed by atoms with van der Waals surface area (Å²) < 4.78 is 5.03. The van der Waals surface area contributed by atoms with Crippen molar-refractivity contribution in [2.75, 3.05) is 0 Å². The molecule has 0 aromatic rings. The van der Waals surface area contributed by atoms with Crippen LogP contribution in [0.2, 0.25) is 0 Å². The van der Waals surface area contributed by atoms with Crippen molar-refractivity contribution in [2.45, 2.75) is 59.5 Å². The van der Waals surface area contributed by atoms with Gasteiger partial charge in [-0.15, -0.1) is 0 Å². The smallest absolute Gasteiger partial charge is 0.306 e. The Kier molecular flexibility index (Phi) is 8.06. The molecule has 0 unspecified atom stereocenters. The van der Waals surface area contributed by atoms with Crippen LogP contribution < -0.4 is 0 Å². The van der Waals surface area contributed by atoms with Gasteiger partial charge in [-0.3, -0.25) is 4.79 Å². The molecule has 15 heavy (non-hydrogen) atoms. The topological polar surface area (TPSA) is 26.3 Å². The predicted octanol–water partition coefficient (Wildman–Crippen LogP) is 3.71. The fraction of sp³-hybridized carbons (Fsp3) is 0.769. The largest absolute Gasteiger partial charge is 0.463 e. The molecule has 1 atom stereocenters. The van der Waals surface area contributed by atoms with Gasteiger partial charge in [0.1, 0.15) is 0 Å². The number of esters is 1. The van der Waals surface area contributed by atoms with Crippen molar-refractivity contribution >= 4 is 5.97 Å². The average Bonchev–Trinajstić information content (AvgIpc) is 2.15. The third-order valence-electron chi connectivity index (χ3n) is 2.28. The fourth-order valence-corrected chi connectivity index (χ4v) is 1.14. The normalized spacial score (nSPS) is 13.4. The molecule has 0 bridgehead atoms. The number of rotatable bonds is 7. The lowest BCUT2D eigenvalue weighted by Gasteiger charge is -2.06. The molecule has 0 spiro atoms. The summed E-state index contributed by atoms with van der Waals surface area (Å²) in [6, 6.07) is 0. The molecule has 0 aliphatic heterocycles. The number of hydrogen-bond acceptors (Lipinski definition) is 2. The summed E-state index contributed by atoms with van der Waals surface area (Å²) in [7, 11) is 0. The zero-order valence-electron chi connectivity index (χ0n) is 10.5. The maximum atomic E-state index is 11.2. The van der Waals surface area contributed by atoms with E-state index >= 15 is 0 Å². The van der Waals surface area contributed by atoms with Crippen LogP contribution in [-0.2, 0) is 9.53 Å². The van der Waals surface area contributed by atoms with Gasteiger partial charge in [0.05, 0.1) is 6.10 Å². The second-order valence-electron chi connectivity index (χ2n) is 4.30. The monoisotopic (exact) mass is 212 g/mol. The Morgan fingerprint density at radius 1 is 1.27 bits per heavy atom. The van der Waals surface area contributed by atoms with E-state index in [1.807, 2.05) is 13.8 Å². The maximum Gasteiger partial charge on any atom is 0.306 e. The molecule has 88 valence electrons. The minimum Gasteiger partial charge on any atom is -0.463 e. The summed E-state index contributed by atoms with van der Waals surface area (Å²) in [4.78, 5) is 11.2. The van der Waals surface area contributed by atoms with Crippen molar-refractivity contribution in [3.8, 4) is 0 Å². The van der Waals surface area contributed by atoms with Gasteiger partial charge in [-0.2, -0.15) is 0 Å². The lowest BCUT2D eigenvalue weighted by Crippen LogP contribution is -2.10. The minimum atomic E-state index is -0.0989. The first-order valence-corrected chi connectivity index (χ1v) is 5.90. The summed E-state index contributed by atoms with van der Waals surface area (Å²) >= 11 is 0. The second kappa shape index (κ2) is 8.51. The van der Waals surface area contributed by atoms with E-state index in [-0.39, 0.29) is 12.1 Å². The highest BCUT2D eigenvalue weighted by molar-refractivity contribution is 5.69. The van der Waals surface area contributed by atoms with E-state index in [4.69, 9.17) is 4.74 Å². The number of carbonyl (C=O) groups excluding carboxylic acids is 1. The molecular weight excluding hydrogens is 188 g/mol. The fourth-order valence-electron chi connectivity index (χ4n) is 1.14. The highest BCUT2D eigenvalue weighted by Gasteiger charge is 2.02. The standard InChI is InChI=1S/C13H24O2/c1-5-12(4)9-7-6-8-10-13(14)15-11(2)3/h6-7,11-12H,5,8-10H2,1-4H3/b7-6+/t12-/m1/s1. The number of hydrogen-bond donors (Lipinski definition) is 0. The Hall–Kier alpha value is -0.790. The van der Waals surface area contributed by atoms with E-state index in [1.165, 1.54) is 6.42 Å². The van der Waals surface area contributed by atoms with Gasteiger partial charge < -0.3 is 4.74 Å². The zero-order chi connectivity index (χ0) is 11.7. The summed E-state index contributed by atoms with van der Waals surface area (Å²) in [6.45, 7) is 8.17. The number of ether oxygens (including phenoxy) is 1. The van der Waals surface area contributed by atoms with Crippen molar-refractivity contribution in [1.29, 1.82) is 0 Å². The Morgan fingerprint density at radius 3 is 2.47 bits per heavy atom. The predicted molar refractivity (Wildman–Crippen MR) is 63.7 cm³/mol. The van der Waals surface area contributed by atoms with Gasteiger partial charge in [0, 0.05) is 6.42 Å². The molecule has 0 aliphatic carbocycles. The highest BCUT2D eigenvalue weighted by atomic mass is 16.5. The highest BCUT2D eigenvalue weighted by Crippen LogP contribution is 2.07. The SMILES string of the molecule is CC[C@@H](C)C/C=C/CCC(=O)OC(C)C. The van der Waals surface area contributed by atoms with E-state index in [2.05, 4.69) is 26.0 Å². The van der Waals surface area contributed by atoms with Crippen LogP contribution in [0.15, 0.2) is 12.2 Å². The molecule has 0 saturated heterocycles. The van der Waals surface area contributed by atoms with Crippen LogP contribution in [0.25, 0.3) is 0 Å². The van der Waals surface area contributed by atoms with Gasteiger partial charge in [0.15, 0.2) is 0 Å². The van der Waals surface area contributed by atoms with Crippen molar-refractivity contribution in [3.05, 3.63) is 12.2 Å². The number of allylic oxidation sites excluding steroid dienone is 2. The molecule has 0 aromatic carbocycles. The molecule has 0 fully saturated rings. The molecule has 2 nitrogen and oxygen atoms in total. The zero-order valence-corrected chi connectivity index (χ0v) is 10.5. The molecule has 0 N–H and O–H groups in total. The van der Waals surface area contributed by atoms with Crippen LogP contribution in [0.1, 0.15) is 53.4 Å². The lowest BCUT2D eigenvalue weighted by molar-refractivity contribution is -0.147. The summed E-state index contributed by atoms with van der Waals surface area (Å²) in [6.07, 6.45) is 7.85. The second-order valence-corrected chi connectivity index (χ2v) is 4.30. The van der Waals surface area contributed by atoms with E-state index in [1.54, 1.807) is 0 Å². The Balaban J connectivity index is 3.48. The third-order valence-corrected chi connectivity index (χ3v) is 2.28. The van der Waals surface area contributed by atoms with Crippen LogP contribution in [0.4, 0.5) is 0 Å². The summed E-state index contributed by atoms with van der Waals surface area (Å²) in [5.74, 6) is 0.641. The van der Waals surface area contributed by atoms with E-state index in [0.717, 1.165) is 18.8 Å². The number of carbonyl (C=O) groups is 1. The van der Waals surface area contributed by atoms with Crippen molar-refractivity contribution in [1.82, 2.24) is 0 Å². The van der Waals surface area contributed by atoms with Gasteiger partial charge >= 0.3 is 5.97 Å². The summed E-state index contributed by atoms with van der Waals surface area (Å²) in [5.41, 5.74) is 0. The van der Waals surface area contributed by atoms with Crippen LogP contribution in [0.5, 0.6) is 0 Å². The first-order valence-electron chi connectivity index (χ1n) is 5.90. The van der Waals surface area contributed by atoms with Gasteiger partial charge in [-0.25, -0.2) is 0 Å². The Labute approximate surface area is 93.7 Å². The maximum absolute atomic E-state index is 11.2. The molecule has 2 heteroatoms. The van der Waals surface area contributed by atoms with E-state index in [0.29, 0.717) is 6.42 Å². The van der Waals surface area contributed by atoms with Gasteiger partial charge in [-0.05, 0) is 32.6 Å². The quantitative estimate of drug-likeness (QED) is 0.475. The lowest BCUT2D eigenvalue weighted by atomic mass is 10.0. The van der Waals surface area contributed by atoms with Crippen LogP contribution >= 0.6 is 0 Å². The molecule has 0 aromatic heterocycles. The molecule has 0 saturated carbocycles. The van der Waals surface area contributed by atoms with Crippen LogP contribution in [0.3, 0.4) is 0 Å². The van der Waals surface area contributed by atoms with Crippen molar-refractivity contribution in [2.24, 2.45) is 5.92 Å². The molecule has 0 amide bonds. The molecule has 0 radical (unpaired) electrons. The van der Waals surface area contributed by atoms with Crippen LogP contribution in [-0.4, -0.2) is 12.1 Å². The van der Waals surface area contributed by atoms with E-state index < -0.39 is 0 Å². The first kappa shape index (κ1) is 14.2. The molecule has 0 rings (SSSR count). The van der Waals surface area contributed by atoms with Gasteiger partial charge in [-0.1, -0.05) is 32.4 Å². The first-order chi connectivity index (χ1) is 7.06. The molecular formula is C13H24O2. The minimum absolute atomic E-state index is 0.00148. The average molecular weight is 212 g/mol. The van der Waals surface area contributed by atoms with Crippen molar-refractivity contribution in [3.63, 3.8) is 0 Å².